The zero-order chi connectivity index (χ0) is 12.0. The van der Waals surface area contributed by atoms with Crippen LogP contribution in [0.25, 0.3) is 0 Å². The number of thiophene rings is 1. The topological polar surface area (TPSA) is 32.3 Å². The molecule has 0 saturated carbocycles. The van der Waals surface area contributed by atoms with Crippen LogP contribution in [0, 0.1) is 5.92 Å². The predicted molar refractivity (Wildman–Crippen MR) is 70.9 cm³/mol. The molecule has 0 spiro atoms. The molecule has 0 bridgehead atoms. The zero-order valence-electron chi connectivity index (χ0n) is 10.4. The van der Waals surface area contributed by atoms with Gasteiger partial charge in [0.05, 0.1) is 6.10 Å². The summed E-state index contributed by atoms with van der Waals surface area (Å²) in [7, 11) is 0. The number of nitrogens with one attached hydrogen (secondary N) is 1. The van der Waals surface area contributed by atoms with E-state index in [9.17, 15) is 5.11 Å². The predicted octanol–water partition coefficient (Wildman–Crippen LogP) is 2.68. The third-order valence-electron chi connectivity index (χ3n) is 2.65. The van der Waals surface area contributed by atoms with E-state index in [2.05, 4.69) is 36.7 Å². The van der Waals surface area contributed by atoms with Gasteiger partial charge in [0.15, 0.2) is 0 Å². The summed E-state index contributed by atoms with van der Waals surface area (Å²) in [4.78, 5) is 1.43. The Bertz CT molecular complexity index is 271. The molecule has 1 aromatic heterocycles. The average Bonchev–Trinajstić information content (AvgIpc) is 2.66. The van der Waals surface area contributed by atoms with Crippen molar-refractivity contribution in [2.45, 2.75) is 45.8 Å². The van der Waals surface area contributed by atoms with Gasteiger partial charge < -0.3 is 10.4 Å². The van der Waals surface area contributed by atoms with Crippen molar-refractivity contribution in [1.29, 1.82) is 0 Å². The molecule has 0 aliphatic rings. The van der Waals surface area contributed by atoms with E-state index in [1.807, 2.05) is 18.3 Å². The zero-order valence-corrected chi connectivity index (χ0v) is 11.3. The largest absolute Gasteiger partial charge is 0.393 e. The van der Waals surface area contributed by atoms with Gasteiger partial charge in [-0.2, -0.15) is 0 Å². The molecule has 3 heteroatoms. The van der Waals surface area contributed by atoms with Crippen LogP contribution < -0.4 is 5.32 Å². The van der Waals surface area contributed by atoms with Gasteiger partial charge in [0, 0.05) is 10.9 Å². The number of aliphatic hydroxyl groups is 1. The van der Waals surface area contributed by atoms with E-state index in [1.54, 1.807) is 0 Å². The van der Waals surface area contributed by atoms with Crippen LogP contribution in [-0.2, 0) is 6.42 Å². The molecule has 1 aromatic rings. The Morgan fingerprint density at radius 2 is 2.12 bits per heavy atom. The van der Waals surface area contributed by atoms with Gasteiger partial charge in [-0.25, -0.2) is 0 Å². The second-order valence-electron chi connectivity index (χ2n) is 4.78. The van der Waals surface area contributed by atoms with Crippen molar-refractivity contribution in [3.8, 4) is 0 Å². The van der Waals surface area contributed by atoms with Gasteiger partial charge in [0.1, 0.15) is 0 Å². The Morgan fingerprint density at radius 3 is 2.69 bits per heavy atom. The maximum Gasteiger partial charge on any atom is 0.0515 e. The highest BCUT2D eigenvalue weighted by molar-refractivity contribution is 7.09. The van der Waals surface area contributed by atoms with Crippen LogP contribution in [0.1, 0.15) is 32.1 Å². The fourth-order valence-corrected chi connectivity index (χ4v) is 2.71. The molecule has 3 unspecified atom stereocenters. The van der Waals surface area contributed by atoms with Crippen molar-refractivity contribution in [2.24, 2.45) is 5.92 Å². The Labute approximate surface area is 103 Å². The van der Waals surface area contributed by atoms with Crippen molar-refractivity contribution >= 4 is 11.3 Å². The third kappa shape index (κ3) is 5.64. The summed E-state index contributed by atoms with van der Waals surface area (Å²) in [6.45, 7) is 7.23. The maximum atomic E-state index is 9.27. The van der Waals surface area contributed by atoms with Gasteiger partial charge in [0.25, 0.3) is 0 Å². The molecule has 0 aliphatic carbocycles. The van der Waals surface area contributed by atoms with E-state index in [0.717, 1.165) is 19.4 Å². The molecule has 0 saturated heterocycles. The van der Waals surface area contributed by atoms with Gasteiger partial charge in [-0.1, -0.05) is 13.0 Å². The molecule has 1 rings (SSSR count). The second-order valence-corrected chi connectivity index (χ2v) is 5.81. The first kappa shape index (κ1) is 13.7. The standard InChI is InChI=1S/C13H23NOS/c1-10(7-12(3)15)9-14-11(2)8-13-5-4-6-16-13/h4-6,10-12,14-15H,7-9H2,1-3H3. The third-order valence-corrected chi connectivity index (χ3v) is 3.54. The fraction of sp³-hybridized carbons (Fsp3) is 0.692. The van der Waals surface area contributed by atoms with Gasteiger partial charge in [0.2, 0.25) is 0 Å². The quantitative estimate of drug-likeness (QED) is 0.769. The van der Waals surface area contributed by atoms with Crippen LogP contribution in [0.3, 0.4) is 0 Å². The van der Waals surface area contributed by atoms with Gasteiger partial charge in [-0.15, -0.1) is 11.3 Å². The lowest BCUT2D eigenvalue weighted by molar-refractivity contribution is 0.162. The lowest BCUT2D eigenvalue weighted by Gasteiger charge is -2.18. The van der Waals surface area contributed by atoms with E-state index in [4.69, 9.17) is 0 Å². The Kier molecular flexibility index (Phi) is 6.03. The molecule has 2 nitrogen and oxygen atoms in total. The molecule has 0 amide bonds. The molecule has 2 N–H and O–H groups in total. The summed E-state index contributed by atoms with van der Waals surface area (Å²) in [6, 6.07) is 4.79. The van der Waals surface area contributed by atoms with Crippen LogP contribution in [0.5, 0.6) is 0 Å². The number of aliphatic hydroxyl groups excluding tert-OH is 1. The first-order chi connectivity index (χ1) is 7.58. The molecule has 0 aliphatic heterocycles. The molecule has 0 aromatic carbocycles. The Hall–Kier alpha value is -0.380. The summed E-state index contributed by atoms with van der Waals surface area (Å²) in [5.74, 6) is 0.533. The summed E-state index contributed by atoms with van der Waals surface area (Å²) in [5.41, 5.74) is 0. The minimum atomic E-state index is -0.190. The van der Waals surface area contributed by atoms with Gasteiger partial charge in [-0.3, -0.25) is 0 Å². The maximum absolute atomic E-state index is 9.27. The molecule has 0 fully saturated rings. The minimum Gasteiger partial charge on any atom is -0.393 e. The van der Waals surface area contributed by atoms with Crippen LogP contribution in [0.15, 0.2) is 17.5 Å². The van der Waals surface area contributed by atoms with Crippen molar-refractivity contribution in [3.63, 3.8) is 0 Å². The van der Waals surface area contributed by atoms with Gasteiger partial charge >= 0.3 is 0 Å². The van der Waals surface area contributed by atoms with Crippen LogP contribution in [0.4, 0.5) is 0 Å². The van der Waals surface area contributed by atoms with Crippen LogP contribution in [-0.4, -0.2) is 23.8 Å². The first-order valence-corrected chi connectivity index (χ1v) is 6.89. The number of hydrogen-bond donors (Lipinski definition) is 2. The number of hydrogen-bond acceptors (Lipinski definition) is 3. The Morgan fingerprint density at radius 1 is 1.38 bits per heavy atom. The summed E-state index contributed by atoms with van der Waals surface area (Å²) >= 11 is 1.82. The van der Waals surface area contributed by atoms with Crippen molar-refractivity contribution in [2.75, 3.05) is 6.54 Å². The SMILES string of the molecule is CC(O)CC(C)CNC(C)Cc1cccs1. The highest BCUT2D eigenvalue weighted by Gasteiger charge is 2.08. The summed E-state index contributed by atoms with van der Waals surface area (Å²) < 4.78 is 0. The average molecular weight is 241 g/mol. The van der Waals surface area contributed by atoms with E-state index >= 15 is 0 Å². The fourth-order valence-electron chi connectivity index (χ4n) is 1.87. The second kappa shape index (κ2) is 7.05. The molecule has 0 radical (unpaired) electrons. The van der Waals surface area contributed by atoms with Crippen LogP contribution in [0.2, 0.25) is 0 Å². The molecule has 3 atom stereocenters. The van der Waals surface area contributed by atoms with Crippen molar-refractivity contribution in [3.05, 3.63) is 22.4 Å². The highest BCUT2D eigenvalue weighted by atomic mass is 32.1. The lowest BCUT2D eigenvalue weighted by atomic mass is 10.0. The highest BCUT2D eigenvalue weighted by Crippen LogP contribution is 2.11. The van der Waals surface area contributed by atoms with Crippen molar-refractivity contribution in [1.82, 2.24) is 5.32 Å². The summed E-state index contributed by atoms with van der Waals surface area (Å²) in [5, 5.41) is 14.9. The molecule has 16 heavy (non-hydrogen) atoms. The Balaban J connectivity index is 2.17. The molecule has 1 heterocycles. The van der Waals surface area contributed by atoms with E-state index in [0.29, 0.717) is 12.0 Å². The summed E-state index contributed by atoms with van der Waals surface area (Å²) in [6.07, 6.45) is 1.78. The van der Waals surface area contributed by atoms with E-state index in [1.165, 1.54) is 4.88 Å². The van der Waals surface area contributed by atoms with Crippen molar-refractivity contribution < 1.29 is 5.11 Å². The van der Waals surface area contributed by atoms with Crippen LogP contribution >= 0.6 is 11.3 Å². The number of rotatable bonds is 7. The lowest BCUT2D eigenvalue weighted by Crippen LogP contribution is -2.32. The molecular formula is C13H23NOS. The van der Waals surface area contributed by atoms with Gasteiger partial charge in [-0.05, 0) is 50.6 Å². The minimum absolute atomic E-state index is 0.190. The van der Waals surface area contributed by atoms with E-state index in [-0.39, 0.29) is 6.10 Å². The monoisotopic (exact) mass is 241 g/mol. The molecule has 92 valence electrons. The van der Waals surface area contributed by atoms with E-state index < -0.39 is 0 Å². The normalized spacial score (nSPS) is 17.0. The smallest absolute Gasteiger partial charge is 0.0515 e. The molecular weight excluding hydrogens is 218 g/mol. The first-order valence-electron chi connectivity index (χ1n) is 6.01.